The lowest BCUT2D eigenvalue weighted by atomic mass is 9.96. The quantitative estimate of drug-likeness (QED) is 0.201. The van der Waals surface area contributed by atoms with Crippen LogP contribution in [0.25, 0.3) is 66.1 Å². The number of rotatable bonds is 2. The Labute approximate surface area is 258 Å². The van der Waals surface area contributed by atoms with E-state index in [-0.39, 0.29) is 38.8 Å². The van der Waals surface area contributed by atoms with Gasteiger partial charge in [-0.1, -0.05) is 83.9 Å². The molecule has 6 aromatic carbocycles. The van der Waals surface area contributed by atoms with Crippen LogP contribution in [0.1, 0.15) is 0 Å². The Bertz CT molecular complexity index is 2380. The minimum absolute atomic E-state index is 0.0626. The minimum atomic E-state index is -0.699. The Hall–Kier alpha value is -5.04. The summed E-state index contributed by atoms with van der Waals surface area (Å²) in [5.41, 5.74) is 3.72. The molecule has 0 aliphatic carbocycles. The van der Waals surface area contributed by atoms with Crippen molar-refractivity contribution in [1.82, 2.24) is 0 Å². The molecule has 0 saturated carbocycles. The molecule has 0 bridgehead atoms. The zero-order chi connectivity index (χ0) is 30.5. The van der Waals surface area contributed by atoms with Crippen molar-refractivity contribution >= 4 is 67.1 Å². The Morgan fingerprint density at radius 1 is 0.477 bits per heavy atom. The molecule has 0 unspecified atom stereocenters. The summed E-state index contributed by atoms with van der Waals surface area (Å²) in [6, 6.07) is 30.5. The summed E-state index contributed by atoms with van der Waals surface area (Å²) in [4.78, 5) is 0. The third-order valence-corrected chi connectivity index (χ3v) is 8.06. The molecular weight excluding hydrogens is 605 g/mol. The molecule has 8 heteroatoms. The van der Waals surface area contributed by atoms with E-state index in [0.717, 1.165) is 49.9 Å². The SMILES string of the molecule is Clc1cccc2c1oc1cc3oc4ccccc4c3cc12.Oc1cc(O)c(-c2cccc(Cl)c2F)cc1-c1ccccc1F. The third kappa shape index (κ3) is 4.69. The number of phenolic OH excluding ortho intramolecular Hbond substituents is 2. The summed E-state index contributed by atoms with van der Waals surface area (Å²) in [6.45, 7) is 0. The van der Waals surface area contributed by atoms with Gasteiger partial charge in [-0.05, 0) is 36.4 Å². The number of hydrogen-bond donors (Lipinski definition) is 2. The van der Waals surface area contributed by atoms with Gasteiger partial charge >= 0.3 is 0 Å². The second-order valence-corrected chi connectivity index (χ2v) is 10.9. The van der Waals surface area contributed by atoms with Crippen molar-refractivity contribution in [2.45, 2.75) is 0 Å². The second kappa shape index (κ2) is 10.9. The molecule has 4 nitrogen and oxygen atoms in total. The summed E-state index contributed by atoms with van der Waals surface area (Å²) in [5.74, 6) is -1.87. The van der Waals surface area contributed by atoms with Crippen LogP contribution in [-0.2, 0) is 0 Å². The fraction of sp³-hybridized carbons (Fsp3) is 0. The lowest BCUT2D eigenvalue weighted by Crippen LogP contribution is -1.90. The topological polar surface area (TPSA) is 66.7 Å². The van der Waals surface area contributed by atoms with E-state index >= 15 is 0 Å². The molecule has 0 fully saturated rings. The lowest BCUT2D eigenvalue weighted by molar-refractivity contribution is 0.452. The third-order valence-electron chi connectivity index (χ3n) is 7.47. The van der Waals surface area contributed by atoms with Gasteiger partial charge in [0.05, 0.1) is 10.0 Å². The smallest absolute Gasteiger partial charge is 0.153 e. The van der Waals surface area contributed by atoms with Crippen LogP contribution in [0.15, 0.2) is 118 Å². The summed E-state index contributed by atoms with van der Waals surface area (Å²) < 4.78 is 40.0. The highest BCUT2D eigenvalue weighted by atomic mass is 35.5. The van der Waals surface area contributed by atoms with E-state index < -0.39 is 11.6 Å². The lowest BCUT2D eigenvalue weighted by Gasteiger charge is -2.12. The average molecular weight is 625 g/mol. The number of benzene rings is 6. The highest BCUT2D eigenvalue weighted by Crippen LogP contribution is 2.42. The minimum Gasteiger partial charge on any atom is -0.507 e. The van der Waals surface area contributed by atoms with Crippen LogP contribution >= 0.6 is 23.2 Å². The number of hydrogen-bond acceptors (Lipinski definition) is 4. The first-order valence-electron chi connectivity index (χ1n) is 13.5. The van der Waals surface area contributed by atoms with Crippen molar-refractivity contribution in [3.8, 4) is 33.8 Å². The fourth-order valence-electron chi connectivity index (χ4n) is 5.38. The van der Waals surface area contributed by atoms with E-state index in [1.807, 2.05) is 42.5 Å². The van der Waals surface area contributed by atoms with Gasteiger partial charge in [0.1, 0.15) is 39.9 Å². The second-order valence-electron chi connectivity index (χ2n) is 10.1. The maximum Gasteiger partial charge on any atom is 0.153 e. The number of halogens is 4. The van der Waals surface area contributed by atoms with E-state index in [2.05, 4.69) is 12.1 Å². The van der Waals surface area contributed by atoms with Crippen LogP contribution in [0.3, 0.4) is 0 Å². The first-order chi connectivity index (χ1) is 21.3. The molecule has 8 aromatic rings. The zero-order valence-corrected chi connectivity index (χ0v) is 24.1. The monoisotopic (exact) mass is 624 g/mol. The predicted molar refractivity (Wildman–Crippen MR) is 172 cm³/mol. The molecular formula is C36H20Cl2F2O4. The molecule has 0 aliphatic heterocycles. The molecule has 216 valence electrons. The van der Waals surface area contributed by atoms with Crippen LogP contribution in [0.2, 0.25) is 10.0 Å². The van der Waals surface area contributed by atoms with Gasteiger partial charge in [-0.15, -0.1) is 0 Å². The van der Waals surface area contributed by atoms with E-state index in [1.165, 1.54) is 42.5 Å². The van der Waals surface area contributed by atoms with Crippen molar-refractivity contribution < 1.29 is 27.8 Å². The van der Waals surface area contributed by atoms with Gasteiger partial charge in [0.15, 0.2) is 5.58 Å². The van der Waals surface area contributed by atoms with Gasteiger partial charge in [-0.2, -0.15) is 0 Å². The fourth-order valence-corrected chi connectivity index (χ4v) is 5.77. The number of phenols is 2. The number of aromatic hydroxyl groups is 2. The number of fused-ring (bicyclic) bond motifs is 6. The number of furan rings is 2. The Morgan fingerprint density at radius 2 is 1.09 bits per heavy atom. The average Bonchev–Trinajstić information content (AvgIpc) is 3.57. The van der Waals surface area contributed by atoms with Crippen molar-refractivity contribution in [3.05, 3.63) is 131 Å². The largest absolute Gasteiger partial charge is 0.507 e. The molecule has 2 N–H and O–H groups in total. The van der Waals surface area contributed by atoms with Gasteiger partial charge in [-0.3, -0.25) is 0 Å². The standard InChI is InChI=1S/C18H11ClF2O2.C18H9ClO2/c19-14-6-3-5-11(18(14)21)13-8-12(16(22)9-17(13)23)10-4-1-2-7-15(10)20;19-14-6-3-5-11-13-8-12-10-4-1-2-7-15(10)20-16(12)9-17(13)21-18(11)14/h1-9,22-23H;1-9H. The van der Waals surface area contributed by atoms with Gasteiger partial charge in [0, 0.05) is 55.9 Å². The first-order valence-corrected chi connectivity index (χ1v) is 14.2. The van der Waals surface area contributed by atoms with Crippen LogP contribution < -0.4 is 0 Å². The number of para-hydroxylation sites is 2. The van der Waals surface area contributed by atoms with E-state index in [1.54, 1.807) is 6.07 Å². The summed E-state index contributed by atoms with van der Waals surface area (Å²) in [5, 5.41) is 24.9. The van der Waals surface area contributed by atoms with Crippen LogP contribution in [0.5, 0.6) is 11.5 Å². The highest BCUT2D eigenvalue weighted by molar-refractivity contribution is 6.36. The molecule has 44 heavy (non-hydrogen) atoms. The maximum absolute atomic E-state index is 14.2. The van der Waals surface area contributed by atoms with Gasteiger partial charge < -0.3 is 19.0 Å². The molecule has 8 rings (SSSR count). The molecule has 0 aliphatic rings. The Morgan fingerprint density at radius 3 is 1.91 bits per heavy atom. The van der Waals surface area contributed by atoms with Crippen molar-refractivity contribution in [3.63, 3.8) is 0 Å². The highest BCUT2D eigenvalue weighted by Gasteiger charge is 2.18. The summed E-state index contributed by atoms with van der Waals surface area (Å²) in [6.07, 6.45) is 0. The molecule has 0 amide bonds. The molecule has 0 radical (unpaired) electrons. The molecule has 0 spiro atoms. The Kier molecular flexibility index (Phi) is 6.88. The molecule has 2 heterocycles. The Balaban J connectivity index is 0.000000142. The maximum atomic E-state index is 14.2. The van der Waals surface area contributed by atoms with Crippen molar-refractivity contribution in [1.29, 1.82) is 0 Å². The normalized spacial score (nSPS) is 11.4. The van der Waals surface area contributed by atoms with Gasteiger partial charge in [0.2, 0.25) is 0 Å². The van der Waals surface area contributed by atoms with Crippen LogP contribution in [0.4, 0.5) is 8.78 Å². The molecule has 2 aromatic heterocycles. The van der Waals surface area contributed by atoms with E-state index in [0.29, 0.717) is 5.02 Å². The summed E-state index contributed by atoms with van der Waals surface area (Å²) in [7, 11) is 0. The van der Waals surface area contributed by atoms with Crippen molar-refractivity contribution in [2.24, 2.45) is 0 Å². The van der Waals surface area contributed by atoms with Crippen LogP contribution in [0, 0.1) is 11.6 Å². The van der Waals surface area contributed by atoms with Crippen LogP contribution in [-0.4, -0.2) is 10.2 Å². The predicted octanol–water partition coefficient (Wildman–Crippen LogP) is 11.5. The first kappa shape index (κ1) is 27.8. The van der Waals surface area contributed by atoms with Gasteiger partial charge in [-0.25, -0.2) is 8.78 Å². The van der Waals surface area contributed by atoms with Gasteiger partial charge in [0.25, 0.3) is 0 Å². The van der Waals surface area contributed by atoms with Crippen molar-refractivity contribution in [2.75, 3.05) is 0 Å². The van der Waals surface area contributed by atoms with E-state index in [9.17, 15) is 19.0 Å². The molecule has 0 saturated heterocycles. The summed E-state index contributed by atoms with van der Waals surface area (Å²) >= 11 is 12.0. The van der Waals surface area contributed by atoms with E-state index in [4.69, 9.17) is 32.0 Å². The zero-order valence-electron chi connectivity index (χ0n) is 22.6. The molecule has 0 atom stereocenters.